The molecule has 2 atom stereocenters. The van der Waals surface area contributed by atoms with Crippen molar-refractivity contribution in [2.45, 2.75) is 44.8 Å². The van der Waals surface area contributed by atoms with Crippen LogP contribution in [0.3, 0.4) is 0 Å². The number of nitrogens with one attached hydrogen (secondary N) is 1. The first-order chi connectivity index (χ1) is 7.61. The molecule has 4 N–H and O–H groups in total. The van der Waals surface area contributed by atoms with Gasteiger partial charge in [-0.1, -0.05) is 5.16 Å². The van der Waals surface area contributed by atoms with Gasteiger partial charge >= 0.3 is 0 Å². The summed E-state index contributed by atoms with van der Waals surface area (Å²) in [4.78, 5) is 11.5. The Morgan fingerprint density at radius 2 is 2.50 bits per heavy atom. The molecular weight excluding hydrogens is 210 g/mol. The summed E-state index contributed by atoms with van der Waals surface area (Å²) in [6.45, 7) is 2.56. The summed E-state index contributed by atoms with van der Waals surface area (Å²) in [6, 6.07) is -0.134. The molecule has 0 spiro atoms. The molecule has 1 heterocycles. The molecule has 1 aliphatic rings. The molecule has 1 rings (SSSR count). The Balaban J connectivity index is 2.22. The van der Waals surface area contributed by atoms with Gasteiger partial charge in [0.1, 0.15) is 5.84 Å². The molecule has 6 nitrogen and oxygen atoms in total. The molecule has 0 aromatic rings. The van der Waals surface area contributed by atoms with Crippen molar-refractivity contribution < 1.29 is 14.7 Å². The highest BCUT2D eigenvalue weighted by molar-refractivity contribution is 5.82. The number of amides is 1. The lowest BCUT2D eigenvalue weighted by Crippen LogP contribution is -2.37. The molecule has 1 fully saturated rings. The molecule has 0 aromatic carbocycles. The number of ether oxygens (including phenoxy) is 1. The first-order valence-corrected chi connectivity index (χ1v) is 5.49. The molecule has 2 unspecified atom stereocenters. The second kappa shape index (κ2) is 6.32. The number of nitrogens with two attached hydrogens (primary N) is 1. The van der Waals surface area contributed by atoms with Crippen LogP contribution < -0.4 is 11.1 Å². The Bertz CT molecular complexity index is 262. The topological polar surface area (TPSA) is 96.9 Å². The monoisotopic (exact) mass is 229 g/mol. The van der Waals surface area contributed by atoms with Gasteiger partial charge in [-0.2, -0.15) is 0 Å². The average Bonchev–Trinajstić information content (AvgIpc) is 2.69. The van der Waals surface area contributed by atoms with Crippen LogP contribution in [0, 0.1) is 0 Å². The van der Waals surface area contributed by atoms with E-state index in [9.17, 15) is 4.79 Å². The molecule has 0 aliphatic carbocycles. The summed E-state index contributed by atoms with van der Waals surface area (Å²) < 4.78 is 5.36. The van der Waals surface area contributed by atoms with Crippen LogP contribution >= 0.6 is 0 Å². The van der Waals surface area contributed by atoms with E-state index in [1.807, 2.05) is 6.92 Å². The van der Waals surface area contributed by atoms with Crippen molar-refractivity contribution in [3.05, 3.63) is 0 Å². The van der Waals surface area contributed by atoms with Gasteiger partial charge in [-0.25, -0.2) is 0 Å². The van der Waals surface area contributed by atoms with Gasteiger partial charge in [-0.15, -0.1) is 0 Å². The third-order valence-corrected chi connectivity index (χ3v) is 2.49. The van der Waals surface area contributed by atoms with Crippen LogP contribution in [0.1, 0.15) is 32.6 Å². The lowest BCUT2D eigenvalue weighted by atomic mass is 10.1. The van der Waals surface area contributed by atoms with Crippen LogP contribution in [0.15, 0.2) is 5.16 Å². The molecule has 1 saturated heterocycles. The summed E-state index contributed by atoms with van der Waals surface area (Å²) in [5, 5.41) is 14.0. The SMILES string of the molecule is CC(CC(N)=NO)NC(=O)CC1CCCO1. The minimum Gasteiger partial charge on any atom is -0.409 e. The van der Waals surface area contributed by atoms with Gasteiger partial charge in [0.05, 0.1) is 12.5 Å². The van der Waals surface area contributed by atoms with E-state index in [0.29, 0.717) is 12.8 Å². The Morgan fingerprint density at radius 1 is 1.75 bits per heavy atom. The van der Waals surface area contributed by atoms with Crippen molar-refractivity contribution in [1.29, 1.82) is 0 Å². The van der Waals surface area contributed by atoms with E-state index in [4.69, 9.17) is 15.7 Å². The maximum atomic E-state index is 11.5. The van der Waals surface area contributed by atoms with E-state index < -0.39 is 0 Å². The van der Waals surface area contributed by atoms with Crippen LogP contribution in [-0.2, 0) is 9.53 Å². The number of nitrogens with zero attached hydrogens (tertiary/aromatic N) is 1. The first-order valence-electron chi connectivity index (χ1n) is 5.49. The predicted molar refractivity (Wildman–Crippen MR) is 59.2 cm³/mol. The maximum absolute atomic E-state index is 11.5. The molecule has 16 heavy (non-hydrogen) atoms. The second-order valence-corrected chi connectivity index (χ2v) is 4.10. The van der Waals surface area contributed by atoms with Crippen LogP contribution in [0.4, 0.5) is 0 Å². The largest absolute Gasteiger partial charge is 0.409 e. The number of hydrogen-bond acceptors (Lipinski definition) is 4. The van der Waals surface area contributed by atoms with Crippen LogP contribution in [0.5, 0.6) is 0 Å². The summed E-state index contributed by atoms with van der Waals surface area (Å²) in [5.74, 6) is 0.0649. The zero-order chi connectivity index (χ0) is 12.0. The maximum Gasteiger partial charge on any atom is 0.222 e. The van der Waals surface area contributed by atoms with Crippen LogP contribution in [-0.4, -0.2) is 35.7 Å². The minimum absolute atomic E-state index is 0.0508. The Morgan fingerprint density at radius 3 is 3.06 bits per heavy atom. The smallest absolute Gasteiger partial charge is 0.222 e. The molecule has 0 bridgehead atoms. The van der Waals surface area contributed by atoms with E-state index in [0.717, 1.165) is 19.4 Å². The summed E-state index contributed by atoms with van der Waals surface area (Å²) in [7, 11) is 0. The molecule has 1 amide bonds. The third-order valence-electron chi connectivity index (χ3n) is 2.49. The zero-order valence-corrected chi connectivity index (χ0v) is 9.48. The van der Waals surface area contributed by atoms with E-state index >= 15 is 0 Å². The fourth-order valence-corrected chi connectivity index (χ4v) is 1.75. The molecule has 0 saturated carbocycles. The van der Waals surface area contributed by atoms with Crippen molar-refractivity contribution in [1.82, 2.24) is 5.32 Å². The van der Waals surface area contributed by atoms with Gasteiger partial charge in [0.2, 0.25) is 5.91 Å². The number of carbonyl (C=O) groups is 1. The molecule has 1 aliphatic heterocycles. The third kappa shape index (κ3) is 4.48. The Labute approximate surface area is 94.8 Å². The van der Waals surface area contributed by atoms with Crippen LogP contribution in [0.25, 0.3) is 0 Å². The summed E-state index contributed by atoms with van der Waals surface area (Å²) in [5.41, 5.74) is 5.34. The molecule has 92 valence electrons. The van der Waals surface area contributed by atoms with Gasteiger partial charge in [0.15, 0.2) is 0 Å². The van der Waals surface area contributed by atoms with Crippen molar-refractivity contribution in [2.75, 3.05) is 6.61 Å². The highest BCUT2D eigenvalue weighted by atomic mass is 16.5. The molecule has 6 heteroatoms. The zero-order valence-electron chi connectivity index (χ0n) is 9.48. The number of carbonyl (C=O) groups excluding carboxylic acids is 1. The van der Waals surface area contributed by atoms with Crippen molar-refractivity contribution in [3.63, 3.8) is 0 Å². The highest BCUT2D eigenvalue weighted by Gasteiger charge is 2.20. The molecular formula is C10H19N3O3. The van der Waals surface area contributed by atoms with Gasteiger partial charge < -0.3 is 21.0 Å². The lowest BCUT2D eigenvalue weighted by molar-refractivity contribution is -0.123. The molecule has 0 radical (unpaired) electrons. The first kappa shape index (κ1) is 12.8. The highest BCUT2D eigenvalue weighted by Crippen LogP contribution is 2.14. The number of oxime groups is 1. The van der Waals surface area contributed by atoms with Gasteiger partial charge in [0.25, 0.3) is 0 Å². The van der Waals surface area contributed by atoms with Crippen molar-refractivity contribution in [3.8, 4) is 0 Å². The quantitative estimate of drug-likeness (QED) is 0.271. The average molecular weight is 229 g/mol. The fourth-order valence-electron chi connectivity index (χ4n) is 1.75. The van der Waals surface area contributed by atoms with Crippen LogP contribution in [0.2, 0.25) is 0 Å². The number of amidine groups is 1. The standard InChI is InChI=1S/C10H19N3O3/c1-7(5-9(11)13-15)12-10(14)6-8-3-2-4-16-8/h7-8,15H,2-6H2,1H3,(H2,11,13)(H,12,14). The Kier molecular flexibility index (Phi) is 5.04. The van der Waals surface area contributed by atoms with E-state index in [2.05, 4.69) is 10.5 Å². The fraction of sp³-hybridized carbons (Fsp3) is 0.800. The Hall–Kier alpha value is -1.30. The minimum atomic E-state index is -0.134. The van der Waals surface area contributed by atoms with Crippen molar-refractivity contribution >= 4 is 11.7 Å². The summed E-state index contributed by atoms with van der Waals surface area (Å²) >= 11 is 0. The number of rotatable bonds is 5. The number of hydrogen-bond donors (Lipinski definition) is 3. The summed E-state index contributed by atoms with van der Waals surface area (Å²) in [6.07, 6.45) is 2.75. The van der Waals surface area contributed by atoms with E-state index in [1.165, 1.54) is 0 Å². The van der Waals surface area contributed by atoms with Crippen molar-refractivity contribution in [2.24, 2.45) is 10.9 Å². The van der Waals surface area contributed by atoms with Gasteiger partial charge in [-0.05, 0) is 19.8 Å². The predicted octanol–water partition coefficient (Wildman–Crippen LogP) is 0.197. The van der Waals surface area contributed by atoms with Gasteiger partial charge in [-0.3, -0.25) is 4.79 Å². The molecule has 0 aromatic heterocycles. The second-order valence-electron chi connectivity index (χ2n) is 4.10. The van der Waals surface area contributed by atoms with Gasteiger partial charge in [0, 0.05) is 19.1 Å². The normalized spacial score (nSPS) is 23.1. The lowest BCUT2D eigenvalue weighted by Gasteiger charge is -2.14. The van der Waals surface area contributed by atoms with E-state index in [1.54, 1.807) is 0 Å². The van der Waals surface area contributed by atoms with E-state index in [-0.39, 0.29) is 23.9 Å².